The van der Waals surface area contributed by atoms with Crippen molar-refractivity contribution in [3.63, 3.8) is 0 Å². The molecule has 2 fully saturated rings. The van der Waals surface area contributed by atoms with Gasteiger partial charge in [-0.15, -0.1) is 0 Å². The van der Waals surface area contributed by atoms with Gasteiger partial charge in [-0.2, -0.15) is 0 Å². The van der Waals surface area contributed by atoms with Gasteiger partial charge in [0.25, 0.3) is 0 Å². The van der Waals surface area contributed by atoms with E-state index < -0.39 is 27.6 Å². The highest BCUT2D eigenvalue weighted by atomic mass is 16.6. The Kier molecular flexibility index (Phi) is 12.2. The van der Waals surface area contributed by atoms with Crippen molar-refractivity contribution in [2.24, 2.45) is 49.7 Å². The smallest absolute Gasteiger partial charge is 0.313 e. The largest absolute Gasteiger partial charge is 0.462 e. The second kappa shape index (κ2) is 13.9. The summed E-state index contributed by atoms with van der Waals surface area (Å²) in [5.74, 6) is -1.15. The summed E-state index contributed by atoms with van der Waals surface area (Å²) >= 11 is 0. The Morgan fingerprint density at radius 1 is 0.826 bits per heavy atom. The first-order valence-corrected chi connectivity index (χ1v) is 17.8. The Bertz CT molecular complexity index is 1130. The minimum atomic E-state index is -0.900. The molecule has 2 aliphatic carbocycles. The zero-order chi connectivity index (χ0) is 35.7. The Hall–Kier alpha value is -1.92. The topological polar surface area (TPSA) is 96.0 Å². The normalized spacial score (nSPS) is 25.0. The van der Waals surface area contributed by atoms with E-state index in [4.69, 9.17) is 14.2 Å². The number of esters is 3. The summed E-state index contributed by atoms with van der Waals surface area (Å²) < 4.78 is 17.5. The summed E-state index contributed by atoms with van der Waals surface area (Å²) in [7, 11) is 0. The van der Waals surface area contributed by atoms with Crippen molar-refractivity contribution in [3.8, 4) is 0 Å². The molecule has 2 saturated carbocycles. The van der Waals surface area contributed by atoms with Gasteiger partial charge < -0.3 is 14.2 Å². The standard InChI is InChI=1S/C39H68O7/c1-16-33(4,5)24-28(31(42)46-29-23-27-18-19-38(29,14)36(27,10)11)37(12,13)35(8,9)25-39(15,34(6,7)17-2)32(43)45-21-20-44-30(41)22-26(3)40/h27-29H,16-25H2,1-15H3. The highest BCUT2D eigenvalue weighted by molar-refractivity contribution is 5.94. The number of carbonyl (C=O) groups excluding carboxylic acids is 4. The van der Waals surface area contributed by atoms with Gasteiger partial charge in [-0.1, -0.05) is 96.4 Å². The Labute approximate surface area is 281 Å². The molecular formula is C39H68O7. The molecule has 0 heterocycles. The summed E-state index contributed by atoms with van der Waals surface area (Å²) in [6.07, 6.45) is 5.71. The molecule has 7 nitrogen and oxygen atoms in total. The van der Waals surface area contributed by atoms with E-state index in [2.05, 4.69) is 90.0 Å². The summed E-state index contributed by atoms with van der Waals surface area (Å²) in [6.45, 7) is 31.7. The lowest BCUT2D eigenvalue weighted by atomic mass is 9.50. The third kappa shape index (κ3) is 7.86. The molecule has 7 heteroatoms. The second-order valence-corrected chi connectivity index (χ2v) is 18.4. The SMILES string of the molecule is CCC(C)(C)CC(C(=O)OC1CC2CCC1(C)C2(C)C)C(C)(C)C(C)(C)CC(C)(C(=O)OCCOC(=O)CC(C)=O)C(C)(C)CC. The second-order valence-electron chi connectivity index (χ2n) is 18.4. The minimum absolute atomic E-state index is 0.0221. The Morgan fingerprint density at radius 3 is 1.85 bits per heavy atom. The summed E-state index contributed by atoms with van der Waals surface area (Å²) in [5.41, 5.74) is -2.28. The van der Waals surface area contributed by atoms with Gasteiger partial charge in [-0.25, -0.2) is 0 Å². The van der Waals surface area contributed by atoms with Gasteiger partial charge in [-0.05, 0) is 85.4 Å². The molecule has 0 aromatic rings. The van der Waals surface area contributed by atoms with Crippen molar-refractivity contribution < 1.29 is 33.4 Å². The minimum Gasteiger partial charge on any atom is -0.462 e. The van der Waals surface area contributed by atoms with Crippen LogP contribution >= 0.6 is 0 Å². The molecule has 2 aliphatic rings. The van der Waals surface area contributed by atoms with Crippen LogP contribution in [0.1, 0.15) is 155 Å². The van der Waals surface area contributed by atoms with Gasteiger partial charge in [0.1, 0.15) is 31.5 Å². The fourth-order valence-electron chi connectivity index (χ4n) is 8.13. The fourth-order valence-corrected chi connectivity index (χ4v) is 8.13. The third-order valence-corrected chi connectivity index (χ3v) is 14.2. The molecule has 0 radical (unpaired) electrons. The summed E-state index contributed by atoms with van der Waals surface area (Å²) in [4.78, 5) is 51.5. The number of ketones is 1. The molecule has 0 aromatic heterocycles. The molecule has 266 valence electrons. The number of rotatable bonds is 17. The van der Waals surface area contributed by atoms with Crippen LogP contribution in [0.15, 0.2) is 0 Å². The molecule has 0 saturated heterocycles. The zero-order valence-electron chi connectivity index (χ0n) is 32.2. The maximum absolute atomic E-state index is 14.5. The number of hydrogen-bond acceptors (Lipinski definition) is 7. The lowest BCUT2D eigenvalue weighted by Crippen LogP contribution is -2.52. The Morgan fingerprint density at radius 2 is 1.39 bits per heavy atom. The van der Waals surface area contributed by atoms with Crippen LogP contribution in [0.3, 0.4) is 0 Å². The fraction of sp³-hybridized carbons (Fsp3) is 0.897. The monoisotopic (exact) mass is 648 g/mol. The molecular weight excluding hydrogens is 580 g/mol. The van der Waals surface area contributed by atoms with E-state index in [9.17, 15) is 19.2 Å². The highest BCUT2D eigenvalue weighted by Crippen LogP contribution is 2.66. The van der Waals surface area contributed by atoms with Crippen LogP contribution in [-0.2, 0) is 33.4 Å². The quantitative estimate of drug-likeness (QED) is 0.0672. The van der Waals surface area contributed by atoms with E-state index in [1.165, 1.54) is 13.3 Å². The van der Waals surface area contributed by atoms with Crippen LogP contribution in [0.25, 0.3) is 0 Å². The summed E-state index contributed by atoms with van der Waals surface area (Å²) in [5, 5.41) is 0. The predicted molar refractivity (Wildman–Crippen MR) is 183 cm³/mol. The van der Waals surface area contributed by atoms with E-state index in [1.807, 2.05) is 6.92 Å². The molecule has 5 atom stereocenters. The molecule has 2 rings (SSSR count). The van der Waals surface area contributed by atoms with Crippen LogP contribution < -0.4 is 0 Å². The molecule has 2 bridgehead atoms. The van der Waals surface area contributed by atoms with Crippen molar-refractivity contribution in [1.29, 1.82) is 0 Å². The molecule has 0 aromatic carbocycles. The zero-order valence-corrected chi connectivity index (χ0v) is 32.2. The average molecular weight is 649 g/mol. The van der Waals surface area contributed by atoms with Crippen LogP contribution in [0.2, 0.25) is 0 Å². The average Bonchev–Trinajstić information content (AvgIpc) is 3.26. The molecule has 46 heavy (non-hydrogen) atoms. The highest BCUT2D eigenvalue weighted by Gasteiger charge is 2.64. The number of fused-ring (bicyclic) bond motifs is 2. The van der Waals surface area contributed by atoms with E-state index in [1.54, 1.807) is 0 Å². The molecule has 5 unspecified atom stereocenters. The van der Waals surface area contributed by atoms with E-state index in [0.717, 1.165) is 25.7 Å². The van der Waals surface area contributed by atoms with Crippen LogP contribution in [0, 0.1) is 49.7 Å². The Balaban J connectivity index is 2.39. The number of hydrogen-bond donors (Lipinski definition) is 0. The predicted octanol–water partition coefficient (Wildman–Crippen LogP) is 9.14. The lowest BCUT2D eigenvalue weighted by molar-refractivity contribution is -0.178. The number of carbonyl (C=O) groups is 4. The van der Waals surface area contributed by atoms with Gasteiger partial charge in [0.2, 0.25) is 0 Å². The summed E-state index contributed by atoms with van der Waals surface area (Å²) in [6, 6.07) is 0. The molecule has 0 spiro atoms. The lowest BCUT2D eigenvalue weighted by Gasteiger charge is -2.53. The van der Waals surface area contributed by atoms with Gasteiger partial charge >= 0.3 is 17.9 Å². The maximum Gasteiger partial charge on any atom is 0.313 e. The van der Waals surface area contributed by atoms with E-state index >= 15 is 0 Å². The van der Waals surface area contributed by atoms with Crippen LogP contribution in [0.4, 0.5) is 0 Å². The maximum atomic E-state index is 14.5. The van der Waals surface area contributed by atoms with Crippen molar-refractivity contribution in [2.75, 3.05) is 13.2 Å². The van der Waals surface area contributed by atoms with Crippen LogP contribution in [0.5, 0.6) is 0 Å². The number of ether oxygens (including phenoxy) is 3. The van der Waals surface area contributed by atoms with Crippen molar-refractivity contribution in [3.05, 3.63) is 0 Å². The number of Topliss-reactive ketones (excluding diaryl/α,β-unsaturated/α-hetero) is 1. The van der Waals surface area contributed by atoms with Gasteiger partial charge in [0.05, 0.1) is 11.3 Å². The molecule has 0 amide bonds. The molecule has 0 N–H and O–H groups in total. The van der Waals surface area contributed by atoms with Gasteiger partial charge in [0.15, 0.2) is 0 Å². The van der Waals surface area contributed by atoms with Gasteiger partial charge in [0, 0.05) is 5.41 Å². The first-order chi connectivity index (χ1) is 20.7. The van der Waals surface area contributed by atoms with Crippen molar-refractivity contribution in [1.82, 2.24) is 0 Å². The van der Waals surface area contributed by atoms with Gasteiger partial charge in [-0.3, -0.25) is 19.2 Å². The molecule has 0 aliphatic heterocycles. The first-order valence-electron chi connectivity index (χ1n) is 17.8. The van der Waals surface area contributed by atoms with Crippen molar-refractivity contribution >= 4 is 23.7 Å². The first kappa shape index (κ1) is 40.3. The third-order valence-electron chi connectivity index (χ3n) is 14.2. The van der Waals surface area contributed by atoms with Crippen LogP contribution in [-0.4, -0.2) is 43.0 Å². The van der Waals surface area contributed by atoms with Crippen molar-refractivity contribution in [2.45, 2.75) is 161 Å². The van der Waals surface area contributed by atoms with E-state index in [0.29, 0.717) is 18.8 Å². The van der Waals surface area contributed by atoms with E-state index in [-0.39, 0.29) is 65.6 Å².